The van der Waals surface area contributed by atoms with Crippen LogP contribution in [0.1, 0.15) is 28.8 Å². The lowest BCUT2D eigenvalue weighted by Gasteiger charge is -2.23. The molecule has 3 aromatic heterocycles. The van der Waals surface area contributed by atoms with Crippen molar-refractivity contribution in [1.29, 1.82) is 0 Å². The fourth-order valence-electron chi connectivity index (χ4n) is 6.84. The van der Waals surface area contributed by atoms with E-state index in [0.29, 0.717) is 91.6 Å². The van der Waals surface area contributed by atoms with Gasteiger partial charge in [-0.2, -0.15) is 0 Å². The molecule has 280 valence electrons. The number of aromatic nitrogens is 3. The third kappa shape index (κ3) is 7.98. The third-order valence-corrected chi connectivity index (χ3v) is 9.73. The van der Waals surface area contributed by atoms with E-state index in [4.69, 9.17) is 35.2 Å². The van der Waals surface area contributed by atoms with Crippen molar-refractivity contribution in [3.63, 3.8) is 0 Å². The van der Waals surface area contributed by atoms with E-state index in [1.165, 1.54) is 12.3 Å². The highest BCUT2D eigenvalue weighted by Crippen LogP contribution is 2.38. The summed E-state index contributed by atoms with van der Waals surface area (Å²) >= 11 is 0. The van der Waals surface area contributed by atoms with Crippen LogP contribution in [0.2, 0.25) is 0 Å². The van der Waals surface area contributed by atoms with E-state index < -0.39 is 17.2 Å². The van der Waals surface area contributed by atoms with Gasteiger partial charge in [-0.25, -0.2) is 9.37 Å². The van der Waals surface area contributed by atoms with Crippen LogP contribution < -0.4 is 26.4 Å². The number of hydrogen-bond acceptors (Lipinski definition) is 10. The van der Waals surface area contributed by atoms with Crippen LogP contribution in [0.3, 0.4) is 0 Å². The number of nitrogens with two attached hydrogens (primary N) is 2. The van der Waals surface area contributed by atoms with Gasteiger partial charge in [0.1, 0.15) is 29.9 Å². The third-order valence-electron chi connectivity index (χ3n) is 9.73. The molecule has 0 bridgehead atoms. The van der Waals surface area contributed by atoms with Gasteiger partial charge in [-0.05, 0) is 72.7 Å². The molecule has 2 aliphatic rings. The quantitative estimate of drug-likeness (QED) is 0.173. The van der Waals surface area contributed by atoms with Gasteiger partial charge in [-0.1, -0.05) is 18.2 Å². The number of carbonyl (C=O) groups is 1. The first-order valence-electron chi connectivity index (χ1n) is 17.8. The maximum absolute atomic E-state index is 16.3. The predicted molar refractivity (Wildman–Crippen MR) is 202 cm³/mol. The van der Waals surface area contributed by atoms with Crippen molar-refractivity contribution < 1.29 is 32.9 Å². The first-order chi connectivity index (χ1) is 26.2. The molecule has 1 amide bonds. The second-order valence-electron chi connectivity index (χ2n) is 13.5. The zero-order valence-corrected chi connectivity index (χ0v) is 30.2. The van der Waals surface area contributed by atoms with Gasteiger partial charge in [-0.3, -0.25) is 14.6 Å². The Balaban J connectivity index is 1.20. The van der Waals surface area contributed by atoms with Crippen LogP contribution in [0.25, 0.3) is 44.6 Å². The molecule has 13 heteroatoms. The number of halogens is 1. The topological polar surface area (TPSA) is 163 Å². The predicted octanol–water partition coefficient (Wildman–Crippen LogP) is 5.66. The van der Waals surface area contributed by atoms with E-state index in [-0.39, 0.29) is 28.6 Å². The molecule has 5 aromatic rings. The number of methoxy groups -OCH3 is 1. The van der Waals surface area contributed by atoms with Gasteiger partial charge in [-0.15, -0.1) is 0 Å². The summed E-state index contributed by atoms with van der Waals surface area (Å²) in [6, 6.07) is 13.9. The maximum Gasteiger partial charge on any atom is 0.254 e. The van der Waals surface area contributed by atoms with E-state index in [1.807, 2.05) is 29.7 Å². The molecule has 0 radical (unpaired) electrons. The molecule has 12 nitrogen and oxygen atoms in total. The van der Waals surface area contributed by atoms with Gasteiger partial charge < -0.3 is 39.7 Å². The molecule has 2 fully saturated rings. The summed E-state index contributed by atoms with van der Waals surface area (Å²) in [5.41, 5.74) is 15.7. The largest absolute Gasteiger partial charge is 0.493 e. The Hall–Kier alpha value is -5.63. The van der Waals surface area contributed by atoms with Crippen LogP contribution in [0.5, 0.6) is 11.5 Å². The van der Waals surface area contributed by atoms with Crippen molar-refractivity contribution in [2.75, 3.05) is 52.5 Å². The Morgan fingerprint density at radius 3 is 2.44 bits per heavy atom. The normalized spacial score (nSPS) is 16.2. The van der Waals surface area contributed by atoms with Gasteiger partial charge >= 0.3 is 0 Å². The van der Waals surface area contributed by atoms with Gasteiger partial charge in [0.25, 0.3) is 5.91 Å². The maximum atomic E-state index is 16.3. The molecule has 2 saturated heterocycles. The lowest BCUT2D eigenvalue weighted by atomic mass is 9.94. The standard InChI is InChI=1S/C41H42FN5O7/c1-24-13-31(38(45-17-24)33-20-47(19-25-7-9-51-10-8-25)21-34(39(33)48)41(44)49)27-3-5-30(35(42)15-27)32-14-28(18-46-40(32)43)26-4-6-36(37(16-26)50-2)54-23-29-22-52-11-12-53-29/h3-6,13-18,20-21,25,29H,7-12,19,22-23H2,1-2H3,(H2,43,46)(H2,44,49)/t29-/m0/s1. The Kier molecular flexibility index (Phi) is 11.0. The Labute approximate surface area is 311 Å². The first-order valence-corrected chi connectivity index (χ1v) is 17.8. The average Bonchev–Trinajstić information content (AvgIpc) is 3.18. The lowest BCUT2D eigenvalue weighted by molar-refractivity contribution is -0.101. The van der Waals surface area contributed by atoms with E-state index in [1.54, 1.807) is 50.0 Å². The number of rotatable bonds is 11. The van der Waals surface area contributed by atoms with Gasteiger partial charge in [0, 0.05) is 66.8 Å². The number of pyridine rings is 3. The molecule has 0 saturated carbocycles. The fraction of sp³-hybridized carbons (Fsp3) is 0.317. The number of nitrogen functional groups attached to an aromatic ring is 1. The number of aryl methyl sites for hydroxylation is 1. The van der Waals surface area contributed by atoms with Crippen molar-refractivity contribution in [3.8, 4) is 56.1 Å². The summed E-state index contributed by atoms with van der Waals surface area (Å²) in [4.78, 5) is 35.1. The average molecular weight is 736 g/mol. The SMILES string of the molecule is COc1cc(-c2cnc(N)c(-c3ccc(-c4cc(C)cnc4-c4cn(CC5CCOCC5)cc(C(N)=O)c4=O)cc3F)c2)ccc1OC[C@@H]1COCCO1. The first kappa shape index (κ1) is 36.7. The Morgan fingerprint density at radius 2 is 1.70 bits per heavy atom. The van der Waals surface area contributed by atoms with Crippen molar-refractivity contribution in [2.24, 2.45) is 11.7 Å². The summed E-state index contributed by atoms with van der Waals surface area (Å²) in [6.07, 6.45) is 8.00. The van der Waals surface area contributed by atoms with Crippen molar-refractivity contribution in [3.05, 3.63) is 100 Å². The number of benzene rings is 2. The molecule has 0 unspecified atom stereocenters. The highest BCUT2D eigenvalue weighted by Gasteiger charge is 2.22. The van der Waals surface area contributed by atoms with Crippen LogP contribution in [0, 0.1) is 18.7 Å². The number of anilines is 1. The molecule has 7 rings (SSSR count). The summed E-state index contributed by atoms with van der Waals surface area (Å²) in [6.45, 7) is 5.62. The highest BCUT2D eigenvalue weighted by molar-refractivity contribution is 5.94. The molecule has 1 atom stereocenters. The van der Waals surface area contributed by atoms with Crippen LogP contribution >= 0.6 is 0 Å². The van der Waals surface area contributed by atoms with E-state index in [0.717, 1.165) is 24.0 Å². The number of primary amides is 1. The van der Waals surface area contributed by atoms with Crippen LogP contribution in [-0.4, -0.2) is 73.3 Å². The summed E-state index contributed by atoms with van der Waals surface area (Å²) in [5, 5.41) is 0. The molecule has 5 heterocycles. The number of amides is 1. The zero-order valence-electron chi connectivity index (χ0n) is 30.2. The van der Waals surface area contributed by atoms with Gasteiger partial charge in [0.05, 0.1) is 38.2 Å². The minimum Gasteiger partial charge on any atom is -0.493 e. The molecular formula is C41H42FN5O7. The van der Waals surface area contributed by atoms with E-state index in [2.05, 4.69) is 9.97 Å². The molecule has 2 aromatic carbocycles. The lowest BCUT2D eigenvalue weighted by Crippen LogP contribution is -2.33. The zero-order chi connectivity index (χ0) is 37.8. The smallest absolute Gasteiger partial charge is 0.254 e. The van der Waals surface area contributed by atoms with Crippen LogP contribution in [-0.2, 0) is 20.8 Å². The molecule has 54 heavy (non-hydrogen) atoms. The highest BCUT2D eigenvalue weighted by atomic mass is 19.1. The van der Waals surface area contributed by atoms with E-state index in [9.17, 15) is 9.59 Å². The second-order valence-corrected chi connectivity index (χ2v) is 13.5. The Bertz CT molecular complexity index is 2230. The van der Waals surface area contributed by atoms with Crippen molar-refractivity contribution in [2.45, 2.75) is 32.4 Å². The van der Waals surface area contributed by atoms with Gasteiger partial charge in [0.15, 0.2) is 11.5 Å². The van der Waals surface area contributed by atoms with Gasteiger partial charge in [0.2, 0.25) is 5.43 Å². The number of carbonyl (C=O) groups excluding carboxylic acids is 1. The molecule has 2 aliphatic heterocycles. The summed E-state index contributed by atoms with van der Waals surface area (Å²) in [7, 11) is 1.56. The minimum atomic E-state index is -0.830. The summed E-state index contributed by atoms with van der Waals surface area (Å²) < 4.78 is 46.3. The molecule has 0 spiro atoms. The minimum absolute atomic E-state index is 0.138. The number of nitrogens with zero attached hydrogens (tertiary/aromatic N) is 3. The van der Waals surface area contributed by atoms with Crippen LogP contribution in [0.15, 0.2) is 78.1 Å². The van der Waals surface area contributed by atoms with Crippen molar-refractivity contribution >= 4 is 11.7 Å². The molecule has 4 N–H and O–H groups in total. The molecular weight excluding hydrogens is 693 g/mol. The number of ether oxygens (including phenoxy) is 5. The van der Waals surface area contributed by atoms with Crippen LogP contribution in [0.4, 0.5) is 10.2 Å². The Morgan fingerprint density at radius 1 is 0.889 bits per heavy atom. The summed E-state index contributed by atoms with van der Waals surface area (Å²) in [5.74, 6) is 0.132. The van der Waals surface area contributed by atoms with E-state index >= 15 is 4.39 Å². The molecule has 0 aliphatic carbocycles. The second kappa shape index (κ2) is 16.2. The van der Waals surface area contributed by atoms with Crippen molar-refractivity contribution in [1.82, 2.24) is 14.5 Å². The fourth-order valence-corrected chi connectivity index (χ4v) is 6.84. The number of hydrogen-bond donors (Lipinski definition) is 2. The monoisotopic (exact) mass is 735 g/mol.